The summed E-state index contributed by atoms with van der Waals surface area (Å²) in [5.74, 6) is -0.797. The molecule has 0 aliphatic rings. The number of carbonyl (C=O) groups excluding carboxylic acids is 1. The van der Waals surface area contributed by atoms with Gasteiger partial charge in [-0.05, 0) is 103 Å². The van der Waals surface area contributed by atoms with Gasteiger partial charge in [0, 0.05) is 23.0 Å². The third-order valence-electron chi connectivity index (χ3n) is 8.80. The number of hydrogen-bond acceptors (Lipinski definition) is 4. The first-order chi connectivity index (χ1) is 22.2. The van der Waals surface area contributed by atoms with Crippen molar-refractivity contribution < 1.29 is 24.2 Å². The molecule has 6 heteroatoms. The normalized spacial score (nSPS) is 11.9. The third kappa shape index (κ3) is 6.83. The highest BCUT2D eigenvalue weighted by molar-refractivity contribution is 6.09. The number of carbonyl (C=O) groups is 2. The molecule has 0 saturated carbocycles. The Morgan fingerprint density at radius 3 is 2.02 bits per heavy atom. The van der Waals surface area contributed by atoms with Gasteiger partial charge in [0.25, 0.3) is 0 Å². The van der Waals surface area contributed by atoms with Crippen LogP contribution in [-0.2, 0) is 27.9 Å². The van der Waals surface area contributed by atoms with Crippen LogP contribution in [0.1, 0.15) is 81.2 Å². The van der Waals surface area contributed by atoms with Crippen LogP contribution in [0.4, 0.5) is 0 Å². The van der Waals surface area contributed by atoms with Gasteiger partial charge in [-0.1, -0.05) is 88.4 Å². The first-order valence-corrected chi connectivity index (χ1v) is 16.3. The highest BCUT2D eigenvalue weighted by Gasteiger charge is 2.31. The number of nitrogens with zero attached hydrogens (tertiary/aromatic N) is 1. The van der Waals surface area contributed by atoms with Gasteiger partial charge in [0.05, 0.1) is 6.61 Å². The number of aromatic carboxylic acids is 1. The van der Waals surface area contributed by atoms with E-state index in [4.69, 9.17) is 9.47 Å². The average molecular weight is 632 g/mol. The number of aryl methyl sites for hydroxylation is 2. The zero-order chi connectivity index (χ0) is 34.1. The Kier molecular flexibility index (Phi) is 9.35. The standard InChI is InChI=1S/C41H45NO5/c1-9-27-12-11-13-34-35(27)36(29-16-20-32(21-17-29)40(4,5)6)37(38(43)44)42(34)25-31-24-30(15-14-26(31)3)28-18-22-33(23-19-28)47-41(7,8)39(45)46-10-2/h11-24H,9-10,25H2,1-8H3,(H,43,44). The minimum absolute atomic E-state index is 0.00808. The van der Waals surface area contributed by atoms with Crippen molar-refractivity contribution in [2.24, 2.45) is 0 Å². The molecule has 5 aromatic rings. The van der Waals surface area contributed by atoms with Gasteiger partial charge in [-0.3, -0.25) is 0 Å². The van der Waals surface area contributed by atoms with E-state index in [0.29, 0.717) is 24.6 Å². The van der Waals surface area contributed by atoms with E-state index >= 15 is 0 Å². The number of carboxylic acid groups (broad SMARTS) is 1. The van der Waals surface area contributed by atoms with E-state index in [1.54, 1.807) is 20.8 Å². The fourth-order valence-corrected chi connectivity index (χ4v) is 6.12. The Morgan fingerprint density at radius 1 is 0.787 bits per heavy atom. The van der Waals surface area contributed by atoms with Crippen LogP contribution in [0, 0.1) is 6.92 Å². The summed E-state index contributed by atoms with van der Waals surface area (Å²) in [5, 5.41) is 11.7. The molecule has 1 N–H and O–H groups in total. The maximum Gasteiger partial charge on any atom is 0.353 e. The minimum Gasteiger partial charge on any atom is -0.477 e. The van der Waals surface area contributed by atoms with E-state index in [-0.39, 0.29) is 5.41 Å². The fraction of sp³-hybridized carbons (Fsp3) is 0.317. The summed E-state index contributed by atoms with van der Waals surface area (Å²) in [6.45, 7) is 16.6. The molecule has 0 radical (unpaired) electrons. The number of benzene rings is 4. The van der Waals surface area contributed by atoms with Gasteiger partial charge in [0.15, 0.2) is 5.60 Å². The molecule has 0 aliphatic carbocycles. The summed E-state index contributed by atoms with van der Waals surface area (Å²) < 4.78 is 13.1. The maximum absolute atomic E-state index is 13.1. The first kappa shape index (κ1) is 33.5. The predicted molar refractivity (Wildman–Crippen MR) is 189 cm³/mol. The fourth-order valence-electron chi connectivity index (χ4n) is 6.12. The van der Waals surface area contributed by atoms with Crippen molar-refractivity contribution in [1.29, 1.82) is 0 Å². The predicted octanol–water partition coefficient (Wildman–Crippen LogP) is 9.61. The van der Waals surface area contributed by atoms with E-state index in [0.717, 1.165) is 56.3 Å². The van der Waals surface area contributed by atoms with Crippen molar-refractivity contribution in [2.75, 3.05) is 6.61 Å². The Hall–Kier alpha value is -4.84. The number of ether oxygens (including phenoxy) is 2. The van der Waals surface area contributed by atoms with Gasteiger partial charge in [-0.15, -0.1) is 0 Å². The molecular formula is C41H45NO5. The third-order valence-corrected chi connectivity index (χ3v) is 8.80. The summed E-state index contributed by atoms with van der Waals surface area (Å²) in [6, 6.07) is 28.4. The molecule has 5 rings (SSSR count). The van der Waals surface area contributed by atoms with E-state index in [2.05, 4.69) is 83.1 Å². The molecule has 0 unspecified atom stereocenters. The molecule has 0 atom stereocenters. The first-order valence-electron chi connectivity index (χ1n) is 16.3. The molecule has 0 bridgehead atoms. The van der Waals surface area contributed by atoms with Gasteiger partial charge in [0.1, 0.15) is 11.4 Å². The number of hydrogen-bond donors (Lipinski definition) is 1. The Bertz CT molecular complexity index is 1920. The molecule has 1 heterocycles. The lowest BCUT2D eigenvalue weighted by Gasteiger charge is -2.24. The number of aromatic nitrogens is 1. The summed E-state index contributed by atoms with van der Waals surface area (Å²) in [5.41, 5.74) is 8.16. The number of carboxylic acids is 1. The Labute approximate surface area is 278 Å². The Morgan fingerprint density at radius 2 is 1.43 bits per heavy atom. The maximum atomic E-state index is 13.1. The molecule has 0 fully saturated rings. The quantitative estimate of drug-likeness (QED) is 0.155. The zero-order valence-corrected chi connectivity index (χ0v) is 28.7. The SMILES string of the molecule is CCOC(=O)C(C)(C)Oc1ccc(-c2ccc(C)c(Cn3c(C(=O)O)c(-c4ccc(C(C)(C)C)cc4)c4c(CC)cccc43)c2)cc1. The lowest BCUT2D eigenvalue weighted by atomic mass is 9.86. The second-order valence-corrected chi connectivity index (χ2v) is 13.6. The molecule has 4 aromatic carbocycles. The van der Waals surface area contributed by atoms with Crippen LogP contribution in [0.2, 0.25) is 0 Å². The molecule has 0 spiro atoms. The van der Waals surface area contributed by atoms with Crippen molar-refractivity contribution in [3.05, 3.63) is 113 Å². The van der Waals surface area contributed by atoms with Crippen LogP contribution in [0.15, 0.2) is 84.9 Å². The zero-order valence-electron chi connectivity index (χ0n) is 28.7. The molecule has 47 heavy (non-hydrogen) atoms. The van der Waals surface area contributed by atoms with Gasteiger partial charge in [0.2, 0.25) is 0 Å². The molecule has 6 nitrogen and oxygen atoms in total. The van der Waals surface area contributed by atoms with Gasteiger partial charge in [-0.25, -0.2) is 9.59 Å². The monoisotopic (exact) mass is 631 g/mol. The molecule has 0 aliphatic heterocycles. The molecule has 0 amide bonds. The molecular weight excluding hydrogens is 586 g/mol. The average Bonchev–Trinajstić information content (AvgIpc) is 3.36. The van der Waals surface area contributed by atoms with Crippen LogP contribution >= 0.6 is 0 Å². The van der Waals surface area contributed by atoms with Crippen molar-refractivity contribution >= 4 is 22.8 Å². The highest BCUT2D eigenvalue weighted by atomic mass is 16.6. The van der Waals surface area contributed by atoms with Crippen LogP contribution < -0.4 is 4.74 Å². The smallest absolute Gasteiger partial charge is 0.353 e. The largest absolute Gasteiger partial charge is 0.477 e. The minimum atomic E-state index is -1.11. The van der Waals surface area contributed by atoms with E-state index in [1.165, 1.54) is 5.56 Å². The topological polar surface area (TPSA) is 77.8 Å². The molecule has 1 aromatic heterocycles. The summed E-state index contributed by atoms with van der Waals surface area (Å²) in [6.07, 6.45) is 0.790. The van der Waals surface area contributed by atoms with E-state index in [9.17, 15) is 14.7 Å². The number of fused-ring (bicyclic) bond motifs is 1. The second kappa shape index (κ2) is 13.1. The Balaban J connectivity index is 1.56. The van der Waals surface area contributed by atoms with Gasteiger partial charge < -0.3 is 19.1 Å². The van der Waals surface area contributed by atoms with Crippen molar-refractivity contribution in [2.45, 2.75) is 79.4 Å². The van der Waals surface area contributed by atoms with Gasteiger partial charge in [-0.2, -0.15) is 0 Å². The van der Waals surface area contributed by atoms with Crippen LogP contribution in [-0.4, -0.2) is 33.8 Å². The number of rotatable bonds is 10. The van der Waals surface area contributed by atoms with Crippen LogP contribution in [0.5, 0.6) is 5.75 Å². The summed E-state index contributed by atoms with van der Waals surface area (Å²) in [4.78, 5) is 25.4. The number of esters is 1. The summed E-state index contributed by atoms with van der Waals surface area (Å²) in [7, 11) is 0. The molecule has 0 saturated heterocycles. The van der Waals surface area contributed by atoms with Crippen molar-refractivity contribution in [3.8, 4) is 28.0 Å². The highest BCUT2D eigenvalue weighted by Crippen LogP contribution is 2.39. The molecule has 244 valence electrons. The second-order valence-electron chi connectivity index (χ2n) is 13.6. The van der Waals surface area contributed by atoms with E-state index < -0.39 is 17.5 Å². The van der Waals surface area contributed by atoms with Crippen molar-refractivity contribution in [3.63, 3.8) is 0 Å². The van der Waals surface area contributed by atoms with Crippen LogP contribution in [0.3, 0.4) is 0 Å². The summed E-state index contributed by atoms with van der Waals surface area (Å²) >= 11 is 0. The van der Waals surface area contributed by atoms with Crippen LogP contribution in [0.25, 0.3) is 33.2 Å². The van der Waals surface area contributed by atoms with Gasteiger partial charge >= 0.3 is 11.9 Å². The van der Waals surface area contributed by atoms with E-state index in [1.807, 2.05) is 41.0 Å². The van der Waals surface area contributed by atoms with Crippen molar-refractivity contribution in [1.82, 2.24) is 4.57 Å². The lowest BCUT2D eigenvalue weighted by molar-refractivity contribution is -0.158. The lowest BCUT2D eigenvalue weighted by Crippen LogP contribution is -2.39.